The van der Waals surface area contributed by atoms with E-state index in [-0.39, 0.29) is 11.9 Å². The summed E-state index contributed by atoms with van der Waals surface area (Å²) in [5, 5.41) is 1.78. The van der Waals surface area contributed by atoms with Crippen LogP contribution in [0.4, 0.5) is 0 Å². The summed E-state index contributed by atoms with van der Waals surface area (Å²) in [5.74, 6) is 1.08. The van der Waals surface area contributed by atoms with Gasteiger partial charge >= 0.3 is 0 Å². The second-order valence-electron chi connectivity index (χ2n) is 5.73. The first-order valence-electron chi connectivity index (χ1n) is 8.05. The van der Waals surface area contributed by atoms with Gasteiger partial charge in [0, 0.05) is 11.9 Å². The van der Waals surface area contributed by atoms with Crippen molar-refractivity contribution in [3.8, 4) is 11.6 Å². The summed E-state index contributed by atoms with van der Waals surface area (Å²) in [5.41, 5.74) is 2.91. The molecular formula is C18H16N4O2S. The Morgan fingerprint density at radius 1 is 1.24 bits per heavy atom. The minimum Gasteiger partial charge on any atom is -0.437 e. The summed E-state index contributed by atoms with van der Waals surface area (Å²) >= 11 is 1.42. The molecule has 1 aliphatic heterocycles. The van der Waals surface area contributed by atoms with Crippen molar-refractivity contribution in [1.29, 1.82) is 0 Å². The maximum absolute atomic E-state index is 12.7. The fraction of sp³-hybridized carbons (Fsp3) is 0.222. The van der Waals surface area contributed by atoms with E-state index in [4.69, 9.17) is 4.74 Å². The largest absolute Gasteiger partial charge is 0.437 e. The third kappa shape index (κ3) is 3.36. The molecule has 0 radical (unpaired) electrons. The molecule has 1 fully saturated rings. The van der Waals surface area contributed by atoms with Crippen molar-refractivity contribution in [1.82, 2.24) is 19.9 Å². The van der Waals surface area contributed by atoms with E-state index >= 15 is 0 Å². The predicted molar refractivity (Wildman–Crippen MR) is 93.7 cm³/mol. The van der Waals surface area contributed by atoms with Crippen molar-refractivity contribution in [2.75, 3.05) is 6.54 Å². The van der Waals surface area contributed by atoms with Crippen molar-refractivity contribution in [3.05, 3.63) is 65.0 Å². The van der Waals surface area contributed by atoms with Gasteiger partial charge in [0.1, 0.15) is 11.4 Å². The maximum Gasteiger partial charge on any atom is 0.273 e. The van der Waals surface area contributed by atoms with Crippen molar-refractivity contribution in [3.63, 3.8) is 0 Å². The molecule has 3 heterocycles. The number of ether oxygens (including phenoxy) is 1. The van der Waals surface area contributed by atoms with E-state index in [1.54, 1.807) is 23.3 Å². The Kier molecular flexibility index (Phi) is 4.39. The molecule has 1 aliphatic rings. The Hall–Kier alpha value is -2.80. The van der Waals surface area contributed by atoms with E-state index in [0.29, 0.717) is 23.9 Å². The lowest BCUT2D eigenvalue weighted by molar-refractivity contribution is 0.0727. The van der Waals surface area contributed by atoms with Gasteiger partial charge in [-0.2, -0.15) is 0 Å². The molecule has 3 aromatic rings. The highest BCUT2D eigenvalue weighted by Crippen LogP contribution is 2.32. The lowest BCUT2D eigenvalue weighted by atomic mass is 10.1. The zero-order valence-corrected chi connectivity index (χ0v) is 14.2. The molecule has 126 valence electrons. The van der Waals surface area contributed by atoms with E-state index in [1.165, 1.54) is 11.3 Å². The minimum atomic E-state index is -0.0963. The molecule has 4 rings (SSSR count). The van der Waals surface area contributed by atoms with Gasteiger partial charge in [-0.15, -0.1) is 11.3 Å². The number of benzene rings is 1. The molecule has 7 heteroatoms. The summed E-state index contributed by atoms with van der Waals surface area (Å²) in [7, 11) is 0. The molecule has 0 saturated carbocycles. The number of hydrogen-bond donors (Lipinski definition) is 0. The Labute approximate surface area is 149 Å². The number of amides is 1. The summed E-state index contributed by atoms with van der Waals surface area (Å²) < 4.78 is 5.76. The number of para-hydroxylation sites is 1. The summed E-state index contributed by atoms with van der Waals surface area (Å²) in [6.45, 7) is 0.701. The third-order valence-corrected chi connectivity index (χ3v) is 4.69. The first-order valence-corrected chi connectivity index (χ1v) is 8.99. The molecule has 6 nitrogen and oxygen atoms in total. The molecular weight excluding hydrogens is 336 g/mol. The van der Waals surface area contributed by atoms with Gasteiger partial charge in [-0.05, 0) is 25.0 Å². The summed E-state index contributed by atoms with van der Waals surface area (Å²) in [6, 6.07) is 9.36. The van der Waals surface area contributed by atoms with Gasteiger partial charge in [0.2, 0.25) is 5.88 Å². The van der Waals surface area contributed by atoms with Crippen LogP contribution in [0, 0.1) is 0 Å². The SMILES string of the molecule is O=C(c1cscn1)N1CCC[C@H]1c1cncc(Oc2ccccc2)n1. The predicted octanol–water partition coefficient (Wildman–Crippen LogP) is 3.70. The Morgan fingerprint density at radius 3 is 2.92 bits per heavy atom. The molecule has 0 spiro atoms. The van der Waals surface area contributed by atoms with Crippen LogP contribution in [0.15, 0.2) is 53.6 Å². The third-order valence-electron chi connectivity index (χ3n) is 4.10. The van der Waals surface area contributed by atoms with Crippen molar-refractivity contribution in [2.45, 2.75) is 18.9 Å². The van der Waals surface area contributed by atoms with Crippen LogP contribution in [0.25, 0.3) is 0 Å². The Bertz CT molecular complexity index is 855. The van der Waals surface area contributed by atoms with Crippen LogP contribution in [0.5, 0.6) is 11.6 Å². The zero-order chi connectivity index (χ0) is 17.1. The van der Waals surface area contributed by atoms with Gasteiger partial charge in [0.15, 0.2) is 0 Å². The summed E-state index contributed by atoms with van der Waals surface area (Å²) in [6.07, 6.45) is 5.08. The molecule has 1 atom stereocenters. The van der Waals surface area contributed by atoms with E-state index < -0.39 is 0 Å². The lowest BCUT2D eigenvalue weighted by Gasteiger charge is -2.23. The molecule has 1 amide bonds. The van der Waals surface area contributed by atoms with Gasteiger partial charge in [-0.25, -0.2) is 9.97 Å². The van der Waals surface area contributed by atoms with Crippen molar-refractivity contribution >= 4 is 17.2 Å². The molecule has 2 aromatic heterocycles. The number of likely N-dealkylation sites (tertiary alicyclic amines) is 1. The van der Waals surface area contributed by atoms with Crippen LogP contribution in [0.1, 0.15) is 35.1 Å². The number of hydrogen-bond acceptors (Lipinski definition) is 6. The number of aromatic nitrogens is 3. The Morgan fingerprint density at radius 2 is 2.12 bits per heavy atom. The van der Waals surface area contributed by atoms with E-state index in [9.17, 15) is 4.79 Å². The van der Waals surface area contributed by atoms with Crippen LogP contribution in [-0.2, 0) is 0 Å². The highest BCUT2D eigenvalue weighted by atomic mass is 32.1. The van der Waals surface area contributed by atoms with Gasteiger partial charge in [0.25, 0.3) is 5.91 Å². The van der Waals surface area contributed by atoms with Gasteiger partial charge in [-0.1, -0.05) is 18.2 Å². The Balaban J connectivity index is 1.56. The number of carbonyl (C=O) groups excluding carboxylic acids is 1. The topological polar surface area (TPSA) is 68.2 Å². The van der Waals surface area contributed by atoms with Gasteiger partial charge in [-0.3, -0.25) is 9.78 Å². The number of nitrogens with zero attached hydrogens (tertiary/aromatic N) is 4. The average Bonchev–Trinajstić information content (AvgIpc) is 3.34. The fourth-order valence-corrected chi connectivity index (χ4v) is 3.49. The highest BCUT2D eigenvalue weighted by Gasteiger charge is 2.32. The van der Waals surface area contributed by atoms with Crippen molar-refractivity contribution in [2.24, 2.45) is 0 Å². The quantitative estimate of drug-likeness (QED) is 0.716. The normalized spacial score (nSPS) is 16.8. The fourth-order valence-electron chi connectivity index (χ4n) is 2.96. The van der Waals surface area contributed by atoms with E-state index in [0.717, 1.165) is 18.5 Å². The average molecular weight is 352 g/mol. The van der Waals surface area contributed by atoms with Crippen LogP contribution in [0.2, 0.25) is 0 Å². The van der Waals surface area contributed by atoms with E-state index in [2.05, 4.69) is 15.0 Å². The molecule has 0 aliphatic carbocycles. The zero-order valence-electron chi connectivity index (χ0n) is 13.4. The first kappa shape index (κ1) is 15.7. The monoisotopic (exact) mass is 352 g/mol. The lowest BCUT2D eigenvalue weighted by Crippen LogP contribution is -2.31. The minimum absolute atomic E-state index is 0.0556. The van der Waals surface area contributed by atoms with Crippen molar-refractivity contribution < 1.29 is 9.53 Å². The second kappa shape index (κ2) is 6.98. The second-order valence-corrected chi connectivity index (χ2v) is 6.45. The molecule has 0 unspecified atom stereocenters. The van der Waals surface area contributed by atoms with Gasteiger partial charge in [0.05, 0.1) is 29.6 Å². The number of carbonyl (C=O) groups is 1. The first-order chi connectivity index (χ1) is 12.3. The maximum atomic E-state index is 12.7. The smallest absolute Gasteiger partial charge is 0.273 e. The van der Waals surface area contributed by atoms with E-state index in [1.807, 2.05) is 35.2 Å². The van der Waals surface area contributed by atoms with Crippen LogP contribution in [-0.4, -0.2) is 32.3 Å². The molecule has 0 N–H and O–H groups in total. The number of rotatable bonds is 4. The molecule has 1 saturated heterocycles. The van der Waals surface area contributed by atoms with Gasteiger partial charge < -0.3 is 9.64 Å². The molecule has 1 aromatic carbocycles. The number of thiazole rings is 1. The molecule has 25 heavy (non-hydrogen) atoms. The van der Waals surface area contributed by atoms with Crippen LogP contribution in [0.3, 0.4) is 0 Å². The standard InChI is InChI=1S/C18H16N4O2S/c23-18(15-11-25-12-20-15)22-8-4-7-16(22)14-9-19-10-17(21-14)24-13-5-2-1-3-6-13/h1-3,5-6,9-12,16H,4,7-8H2/t16-/m0/s1. The van der Waals surface area contributed by atoms with Crippen LogP contribution >= 0.6 is 11.3 Å². The highest BCUT2D eigenvalue weighted by molar-refractivity contribution is 7.07. The summed E-state index contributed by atoms with van der Waals surface area (Å²) in [4.78, 5) is 27.4. The van der Waals surface area contributed by atoms with Crippen LogP contribution < -0.4 is 4.74 Å². The molecule has 0 bridgehead atoms.